The van der Waals surface area contributed by atoms with Gasteiger partial charge in [-0.15, -0.1) is 10.2 Å². The van der Waals surface area contributed by atoms with Crippen LogP contribution in [0.1, 0.15) is 15.9 Å². The first-order chi connectivity index (χ1) is 14.1. The van der Waals surface area contributed by atoms with E-state index in [4.69, 9.17) is 16.3 Å². The van der Waals surface area contributed by atoms with Gasteiger partial charge >= 0.3 is 0 Å². The fourth-order valence-electron chi connectivity index (χ4n) is 2.33. The van der Waals surface area contributed by atoms with E-state index in [1.807, 2.05) is 18.2 Å². The van der Waals surface area contributed by atoms with Crippen molar-refractivity contribution in [2.24, 2.45) is 0 Å². The van der Waals surface area contributed by atoms with Crippen molar-refractivity contribution in [3.63, 3.8) is 0 Å². The molecule has 0 saturated carbocycles. The summed E-state index contributed by atoms with van der Waals surface area (Å²) < 4.78 is 5.76. The Morgan fingerprint density at radius 1 is 1.14 bits per heavy atom. The molecular weight excluding hydrogens is 432 g/mol. The van der Waals surface area contributed by atoms with Crippen molar-refractivity contribution in [1.82, 2.24) is 15.5 Å². The maximum atomic E-state index is 12.4. The van der Waals surface area contributed by atoms with Crippen LogP contribution in [0.25, 0.3) is 0 Å². The number of nitrogens with zero attached hydrogens (tertiary/aromatic N) is 2. The molecule has 2 N–H and O–H groups in total. The smallest absolute Gasteiger partial charge is 0.261 e. The van der Waals surface area contributed by atoms with E-state index in [-0.39, 0.29) is 17.6 Å². The van der Waals surface area contributed by atoms with Gasteiger partial charge in [-0.25, -0.2) is 0 Å². The van der Waals surface area contributed by atoms with Crippen LogP contribution >= 0.6 is 34.7 Å². The van der Waals surface area contributed by atoms with Crippen LogP contribution in [0.15, 0.2) is 52.9 Å². The molecule has 0 spiro atoms. The molecule has 0 bridgehead atoms. The molecular formula is C19H17ClN4O3S2. The Labute approximate surface area is 180 Å². The molecule has 0 aliphatic carbocycles. The van der Waals surface area contributed by atoms with Crippen molar-refractivity contribution in [2.75, 3.05) is 18.2 Å². The first-order valence-corrected chi connectivity index (χ1v) is 10.7. The van der Waals surface area contributed by atoms with Gasteiger partial charge in [0.05, 0.1) is 18.4 Å². The van der Waals surface area contributed by atoms with E-state index in [9.17, 15) is 9.59 Å². The number of hydrogen-bond donors (Lipinski definition) is 2. The minimum absolute atomic E-state index is 0.148. The van der Waals surface area contributed by atoms with Crippen LogP contribution < -0.4 is 15.4 Å². The number of amides is 2. The Morgan fingerprint density at radius 3 is 2.69 bits per heavy atom. The predicted molar refractivity (Wildman–Crippen MR) is 115 cm³/mol. The van der Waals surface area contributed by atoms with Gasteiger partial charge in [0.1, 0.15) is 5.75 Å². The molecule has 0 atom stereocenters. The molecule has 0 aliphatic heterocycles. The highest BCUT2D eigenvalue weighted by molar-refractivity contribution is 8.01. The number of carbonyl (C=O) groups is 2. The fraction of sp³-hybridized carbons (Fsp3) is 0.158. The van der Waals surface area contributed by atoms with Gasteiger partial charge in [0, 0.05) is 11.6 Å². The SMILES string of the molecule is COc1ccccc1C(=O)Nc1nnc(SCC(=O)NCc2ccccc2Cl)s1. The van der Waals surface area contributed by atoms with E-state index < -0.39 is 0 Å². The molecule has 3 rings (SSSR count). The number of ether oxygens (including phenoxy) is 1. The molecule has 1 heterocycles. The van der Waals surface area contributed by atoms with Gasteiger partial charge in [-0.3, -0.25) is 14.9 Å². The Morgan fingerprint density at radius 2 is 1.90 bits per heavy atom. The molecule has 0 aliphatic rings. The lowest BCUT2D eigenvalue weighted by molar-refractivity contribution is -0.118. The van der Waals surface area contributed by atoms with Gasteiger partial charge in [0.25, 0.3) is 5.91 Å². The van der Waals surface area contributed by atoms with Crippen LogP contribution in [0.2, 0.25) is 5.02 Å². The molecule has 7 nitrogen and oxygen atoms in total. The third-order valence-corrected chi connectivity index (χ3v) is 6.08. The zero-order valence-electron chi connectivity index (χ0n) is 15.3. The zero-order chi connectivity index (χ0) is 20.6. The monoisotopic (exact) mass is 448 g/mol. The molecule has 0 fully saturated rings. The second-order valence-electron chi connectivity index (χ2n) is 5.68. The second-order valence-corrected chi connectivity index (χ2v) is 8.29. The molecule has 2 aromatic carbocycles. The third kappa shape index (κ3) is 5.93. The van der Waals surface area contributed by atoms with Crippen molar-refractivity contribution in [3.8, 4) is 5.75 Å². The predicted octanol–water partition coefficient (Wildman–Crippen LogP) is 3.86. The van der Waals surface area contributed by atoms with Crippen LogP contribution in [0.4, 0.5) is 5.13 Å². The summed E-state index contributed by atoms with van der Waals surface area (Å²) in [5.41, 5.74) is 1.25. The molecule has 29 heavy (non-hydrogen) atoms. The van der Waals surface area contributed by atoms with Crippen molar-refractivity contribution >= 4 is 51.6 Å². The standard InChI is InChI=1S/C19H17ClN4O3S2/c1-27-15-9-5-3-7-13(15)17(26)22-18-23-24-19(29-18)28-11-16(25)21-10-12-6-2-4-8-14(12)20/h2-9H,10-11H2,1H3,(H,21,25)(H,22,23,26). The van der Waals surface area contributed by atoms with E-state index in [0.29, 0.717) is 32.4 Å². The topological polar surface area (TPSA) is 93.2 Å². The number of aromatic nitrogens is 2. The summed E-state index contributed by atoms with van der Waals surface area (Å²) in [5.74, 6) is 0.163. The van der Waals surface area contributed by atoms with E-state index in [1.54, 1.807) is 30.3 Å². The fourth-order valence-corrected chi connectivity index (χ4v) is 4.11. The summed E-state index contributed by atoms with van der Waals surface area (Å²) in [6.07, 6.45) is 0. The molecule has 0 saturated heterocycles. The van der Waals surface area contributed by atoms with E-state index in [0.717, 1.165) is 5.56 Å². The number of benzene rings is 2. The lowest BCUT2D eigenvalue weighted by atomic mass is 10.2. The van der Waals surface area contributed by atoms with E-state index in [1.165, 1.54) is 30.2 Å². The number of methoxy groups -OCH3 is 1. The van der Waals surface area contributed by atoms with Crippen LogP contribution in [0.5, 0.6) is 5.75 Å². The Hall–Kier alpha value is -2.62. The molecule has 1 aromatic heterocycles. The van der Waals surface area contributed by atoms with Crippen LogP contribution in [0, 0.1) is 0 Å². The highest BCUT2D eigenvalue weighted by atomic mass is 35.5. The largest absolute Gasteiger partial charge is 0.496 e. The van der Waals surface area contributed by atoms with E-state index >= 15 is 0 Å². The lowest BCUT2D eigenvalue weighted by Crippen LogP contribution is -2.24. The average molecular weight is 449 g/mol. The van der Waals surface area contributed by atoms with Gasteiger partial charge < -0.3 is 10.1 Å². The molecule has 3 aromatic rings. The summed E-state index contributed by atoms with van der Waals surface area (Å²) in [6, 6.07) is 14.2. The number of thioether (sulfide) groups is 1. The molecule has 10 heteroatoms. The molecule has 150 valence electrons. The molecule has 0 unspecified atom stereocenters. The van der Waals surface area contributed by atoms with Gasteiger partial charge in [0.15, 0.2) is 4.34 Å². The molecule has 2 amide bonds. The first-order valence-electron chi connectivity index (χ1n) is 8.47. The summed E-state index contributed by atoms with van der Waals surface area (Å²) in [4.78, 5) is 24.4. The normalized spacial score (nSPS) is 10.4. The summed E-state index contributed by atoms with van der Waals surface area (Å²) in [5, 5.41) is 14.4. The summed E-state index contributed by atoms with van der Waals surface area (Å²) in [6.45, 7) is 0.357. The average Bonchev–Trinajstić information content (AvgIpc) is 3.18. The second kappa shape index (κ2) is 10.2. The lowest BCUT2D eigenvalue weighted by Gasteiger charge is -2.06. The highest BCUT2D eigenvalue weighted by Crippen LogP contribution is 2.26. The van der Waals surface area contributed by atoms with Crippen molar-refractivity contribution in [1.29, 1.82) is 0 Å². The Bertz CT molecular complexity index is 1010. The summed E-state index contributed by atoms with van der Waals surface area (Å²) >= 11 is 8.51. The Kier molecular flexibility index (Phi) is 7.45. The minimum atomic E-state index is -0.340. The quantitative estimate of drug-likeness (QED) is 0.401. The number of carbonyl (C=O) groups excluding carboxylic acids is 2. The number of rotatable bonds is 8. The van der Waals surface area contributed by atoms with Gasteiger partial charge in [0.2, 0.25) is 11.0 Å². The minimum Gasteiger partial charge on any atom is -0.496 e. The van der Waals surface area contributed by atoms with Crippen LogP contribution in [-0.4, -0.2) is 34.9 Å². The first kappa shape index (κ1) is 21.1. The number of para-hydroxylation sites is 1. The number of anilines is 1. The maximum absolute atomic E-state index is 12.4. The van der Waals surface area contributed by atoms with Crippen molar-refractivity contribution in [2.45, 2.75) is 10.9 Å². The van der Waals surface area contributed by atoms with Gasteiger partial charge in [-0.05, 0) is 23.8 Å². The zero-order valence-corrected chi connectivity index (χ0v) is 17.7. The van der Waals surface area contributed by atoms with Gasteiger partial charge in [-0.1, -0.05) is 65.0 Å². The van der Waals surface area contributed by atoms with Crippen molar-refractivity contribution in [3.05, 3.63) is 64.7 Å². The highest BCUT2D eigenvalue weighted by Gasteiger charge is 2.15. The number of halogens is 1. The van der Waals surface area contributed by atoms with Crippen LogP contribution in [0.3, 0.4) is 0 Å². The van der Waals surface area contributed by atoms with Crippen LogP contribution in [-0.2, 0) is 11.3 Å². The van der Waals surface area contributed by atoms with Gasteiger partial charge in [-0.2, -0.15) is 0 Å². The number of nitrogens with one attached hydrogen (secondary N) is 2. The molecule has 0 radical (unpaired) electrons. The van der Waals surface area contributed by atoms with E-state index in [2.05, 4.69) is 20.8 Å². The van der Waals surface area contributed by atoms with Crippen molar-refractivity contribution < 1.29 is 14.3 Å². The maximum Gasteiger partial charge on any atom is 0.261 e. The Balaban J connectivity index is 1.49. The summed E-state index contributed by atoms with van der Waals surface area (Å²) in [7, 11) is 1.50. The third-order valence-electron chi connectivity index (χ3n) is 3.74. The number of hydrogen-bond acceptors (Lipinski definition) is 7.